The summed E-state index contributed by atoms with van der Waals surface area (Å²) in [4.78, 5) is 16.9. The number of benzene rings is 2. The smallest absolute Gasteiger partial charge is 0.407 e. The summed E-state index contributed by atoms with van der Waals surface area (Å²) in [5, 5.41) is 8.61. The minimum absolute atomic E-state index is 0.0558. The molecule has 0 spiro atoms. The Kier molecular flexibility index (Phi) is 8.35. The molecule has 40 heavy (non-hydrogen) atoms. The lowest BCUT2D eigenvalue weighted by Gasteiger charge is -2.22. The Morgan fingerprint density at radius 3 is 2.65 bits per heavy atom. The van der Waals surface area contributed by atoms with Gasteiger partial charge in [0.2, 0.25) is 0 Å². The molecule has 2 unspecified atom stereocenters. The summed E-state index contributed by atoms with van der Waals surface area (Å²) in [5.74, 6) is 0.822. The molecule has 1 aliphatic rings. The van der Waals surface area contributed by atoms with Crippen LogP contribution in [-0.2, 0) is 16.1 Å². The molecular formula is C32H38N4O4. The summed E-state index contributed by atoms with van der Waals surface area (Å²) in [6.45, 7) is 9.24. The third kappa shape index (κ3) is 6.80. The molecule has 8 nitrogen and oxygen atoms in total. The minimum Gasteiger partial charge on any atom is -0.487 e. The third-order valence-electron chi connectivity index (χ3n) is 6.92. The number of hydrogen-bond donors (Lipinski definition) is 1. The molecule has 1 fully saturated rings. The Hall–Kier alpha value is -3.91. The van der Waals surface area contributed by atoms with E-state index in [1.165, 1.54) is 0 Å². The number of carbonyl (C=O) groups is 1. The zero-order valence-electron chi connectivity index (χ0n) is 23.7. The lowest BCUT2D eigenvalue weighted by molar-refractivity contribution is -0.0390. The van der Waals surface area contributed by atoms with Crippen LogP contribution in [0, 0.1) is 0 Å². The van der Waals surface area contributed by atoms with Crippen LogP contribution in [0.25, 0.3) is 22.2 Å². The highest BCUT2D eigenvalue weighted by molar-refractivity contribution is 5.92. The first-order valence-electron chi connectivity index (χ1n) is 14.0. The first-order chi connectivity index (χ1) is 19.3. The van der Waals surface area contributed by atoms with Gasteiger partial charge < -0.3 is 19.5 Å². The van der Waals surface area contributed by atoms with Crippen LogP contribution in [0.15, 0.2) is 67.0 Å². The maximum absolute atomic E-state index is 12.1. The van der Waals surface area contributed by atoms with E-state index in [1.54, 1.807) is 0 Å². The summed E-state index contributed by atoms with van der Waals surface area (Å²) in [6.07, 6.45) is 6.59. The van der Waals surface area contributed by atoms with Gasteiger partial charge in [0.1, 0.15) is 24.2 Å². The van der Waals surface area contributed by atoms with Crippen LogP contribution in [0.1, 0.15) is 70.2 Å². The fourth-order valence-corrected chi connectivity index (χ4v) is 4.78. The van der Waals surface area contributed by atoms with E-state index in [1.807, 2.05) is 80.3 Å². The zero-order chi connectivity index (χ0) is 28.1. The summed E-state index contributed by atoms with van der Waals surface area (Å²) in [5.41, 5.74) is 4.15. The molecule has 2 aromatic carbocycles. The molecule has 1 amide bonds. The number of carbonyl (C=O) groups excluding carboxylic acids is 1. The third-order valence-corrected chi connectivity index (χ3v) is 6.92. The van der Waals surface area contributed by atoms with Gasteiger partial charge in [-0.3, -0.25) is 4.98 Å². The van der Waals surface area contributed by atoms with Gasteiger partial charge in [0.15, 0.2) is 0 Å². The lowest BCUT2D eigenvalue weighted by Crippen LogP contribution is -2.34. The van der Waals surface area contributed by atoms with E-state index in [0.29, 0.717) is 13.2 Å². The number of aromatic nitrogens is 3. The molecule has 5 rings (SSSR count). The van der Waals surface area contributed by atoms with E-state index in [-0.39, 0.29) is 12.1 Å². The number of nitrogens with one attached hydrogen (secondary N) is 1. The Bertz CT molecular complexity index is 1420. The quantitative estimate of drug-likeness (QED) is 0.258. The summed E-state index contributed by atoms with van der Waals surface area (Å²) >= 11 is 0. The maximum Gasteiger partial charge on any atom is 0.407 e. The molecule has 1 saturated heterocycles. The van der Waals surface area contributed by atoms with Gasteiger partial charge in [-0.2, -0.15) is 5.10 Å². The first kappa shape index (κ1) is 27.6. The summed E-state index contributed by atoms with van der Waals surface area (Å²) < 4.78 is 19.7. The van der Waals surface area contributed by atoms with Crippen molar-refractivity contribution in [2.24, 2.45) is 0 Å². The van der Waals surface area contributed by atoms with Crippen molar-refractivity contribution in [2.75, 3.05) is 13.2 Å². The average Bonchev–Trinajstić information content (AvgIpc) is 3.40. The van der Waals surface area contributed by atoms with Crippen LogP contribution in [0.2, 0.25) is 0 Å². The SMILES string of the molecule is CC(CNC(=O)OC(C)(C)C)c1ccc(-c2ccc3nn(C4CCCCO4)cc3c2OCc2ccccc2)nc1. The molecule has 1 aliphatic heterocycles. The number of fused-ring (bicyclic) bond motifs is 1. The monoisotopic (exact) mass is 542 g/mol. The maximum atomic E-state index is 12.1. The van der Waals surface area contributed by atoms with Crippen molar-refractivity contribution in [3.8, 4) is 17.0 Å². The predicted octanol–water partition coefficient (Wildman–Crippen LogP) is 7.00. The van der Waals surface area contributed by atoms with Crippen LogP contribution in [0.5, 0.6) is 5.75 Å². The van der Waals surface area contributed by atoms with Gasteiger partial charge in [-0.25, -0.2) is 9.48 Å². The summed E-state index contributed by atoms with van der Waals surface area (Å²) in [6, 6.07) is 18.2. The standard InChI is InChI=1S/C32H38N4O4/c1-22(18-34-31(37)40-32(2,3)4)24-13-15-27(33-19-24)25-14-16-28-26(20-36(35-28)29-12-8-9-17-38-29)30(25)39-21-23-10-6-5-7-11-23/h5-7,10-11,13-16,19-20,22,29H,8-9,12,17-18,21H2,1-4H3,(H,34,37). The molecule has 210 valence electrons. The lowest BCUT2D eigenvalue weighted by atomic mass is 10.0. The van der Waals surface area contributed by atoms with Crippen molar-refractivity contribution >= 4 is 17.0 Å². The molecule has 0 bridgehead atoms. The van der Waals surface area contributed by atoms with Gasteiger partial charge in [-0.15, -0.1) is 0 Å². The highest BCUT2D eigenvalue weighted by Crippen LogP contribution is 2.38. The largest absolute Gasteiger partial charge is 0.487 e. The highest BCUT2D eigenvalue weighted by atomic mass is 16.6. The molecule has 4 aromatic rings. The molecule has 8 heteroatoms. The number of ether oxygens (including phenoxy) is 3. The molecular weight excluding hydrogens is 504 g/mol. The van der Waals surface area contributed by atoms with Crippen LogP contribution in [-0.4, -0.2) is 39.6 Å². The molecule has 3 heterocycles. The number of alkyl carbamates (subject to hydrolysis) is 1. The van der Waals surface area contributed by atoms with Crippen molar-refractivity contribution in [1.29, 1.82) is 0 Å². The van der Waals surface area contributed by atoms with Crippen molar-refractivity contribution in [1.82, 2.24) is 20.1 Å². The van der Waals surface area contributed by atoms with Gasteiger partial charge >= 0.3 is 6.09 Å². The van der Waals surface area contributed by atoms with Crippen LogP contribution in [0.4, 0.5) is 4.79 Å². The Morgan fingerprint density at radius 1 is 1.12 bits per heavy atom. The van der Waals surface area contributed by atoms with Gasteiger partial charge in [-0.1, -0.05) is 43.3 Å². The van der Waals surface area contributed by atoms with E-state index in [0.717, 1.165) is 64.9 Å². The van der Waals surface area contributed by atoms with E-state index in [9.17, 15) is 4.79 Å². The molecule has 0 aliphatic carbocycles. The van der Waals surface area contributed by atoms with Crippen molar-refractivity contribution in [2.45, 2.75) is 71.3 Å². The summed E-state index contributed by atoms with van der Waals surface area (Å²) in [7, 11) is 0. The second-order valence-electron chi connectivity index (χ2n) is 11.3. The van der Waals surface area contributed by atoms with Crippen LogP contribution < -0.4 is 10.1 Å². The van der Waals surface area contributed by atoms with Gasteiger partial charge in [-0.05, 0) is 69.4 Å². The normalized spacial score (nSPS) is 16.4. The molecule has 2 aromatic heterocycles. The van der Waals surface area contributed by atoms with Crippen molar-refractivity contribution in [3.05, 3.63) is 78.1 Å². The fraction of sp³-hybridized carbons (Fsp3) is 0.406. The Labute approximate surface area is 235 Å². The molecule has 1 N–H and O–H groups in total. The number of nitrogens with zero attached hydrogens (tertiary/aromatic N) is 3. The van der Waals surface area contributed by atoms with E-state index >= 15 is 0 Å². The van der Waals surface area contributed by atoms with Gasteiger partial charge in [0.25, 0.3) is 0 Å². The fourth-order valence-electron chi connectivity index (χ4n) is 4.78. The number of pyridine rings is 1. The van der Waals surface area contributed by atoms with E-state index in [2.05, 4.69) is 24.4 Å². The highest BCUT2D eigenvalue weighted by Gasteiger charge is 2.21. The number of amides is 1. The Balaban J connectivity index is 1.40. The van der Waals surface area contributed by atoms with Gasteiger partial charge in [0, 0.05) is 37.0 Å². The second-order valence-corrected chi connectivity index (χ2v) is 11.3. The second kappa shape index (κ2) is 12.1. The Morgan fingerprint density at radius 2 is 1.95 bits per heavy atom. The average molecular weight is 543 g/mol. The molecule has 0 saturated carbocycles. The number of hydrogen-bond acceptors (Lipinski definition) is 6. The van der Waals surface area contributed by atoms with Crippen LogP contribution >= 0.6 is 0 Å². The molecule has 0 radical (unpaired) electrons. The number of rotatable bonds is 8. The topological polar surface area (TPSA) is 87.5 Å². The van der Waals surface area contributed by atoms with Crippen LogP contribution in [0.3, 0.4) is 0 Å². The zero-order valence-corrected chi connectivity index (χ0v) is 23.7. The molecule has 2 atom stereocenters. The first-order valence-corrected chi connectivity index (χ1v) is 14.0. The van der Waals surface area contributed by atoms with E-state index in [4.69, 9.17) is 24.3 Å². The van der Waals surface area contributed by atoms with E-state index < -0.39 is 11.7 Å². The van der Waals surface area contributed by atoms with Crippen molar-refractivity contribution in [3.63, 3.8) is 0 Å². The predicted molar refractivity (Wildman–Crippen MR) is 155 cm³/mol. The minimum atomic E-state index is -0.530. The van der Waals surface area contributed by atoms with Gasteiger partial charge in [0.05, 0.1) is 16.6 Å². The van der Waals surface area contributed by atoms with Crippen molar-refractivity contribution < 1.29 is 19.0 Å².